The van der Waals surface area contributed by atoms with Crippen LogP contribution in [0.25, 0.3) is 22.6 Å². The van der Waals surface area contributed by atoms with Crippen molar-refractivity contribution >= 4 is 6.09 Å². The minimum Gasteiger partial charge on any atom is -0.444 e. The van der Waals surface area contributed by atoms with Crippen LogP contribution in [0.2, 0.25) is 0 Å². The lowest BCUT2D eigenvalue weighted by Gasteiger charge is -2.36. The van der Waals surface area contributed by atoms with Crippen molar-refractivity contribution in [3.63, 3.8) is 0 Å². The van der Waals surface area contributed by atoms with E-state index in [9.17, 15) is 18.0 Å². The first-order chi connectivity index (χ1) is 16.0. The van der Waals surface area contributed by atoms with Gasteiger partial charge in [0.05, 0.1) is 29.8 Å². The van der Waals surface area contributed by atoms with Gasteiger partial charge in [-0.25, -0.2) is 9.78 Å². The van der Waals surface area contributed by atoms with E-state index in [2.05, 4.69) is 19.6 Å². The third kappa shape index (κ3) is 5.35. The molecule has 1 amide bonds. The molecule has 0 aliphatic carbocycles. The van der Waals surface area contributed by atoms with Crippen molar-refractivity contribution in [2.45, 2.75) is 57.9 Å². The lowest BCUT2D eigenvalue weighted by atomic mass is 9.99. The van der Waals surface area contributed by atoms with Gasteiger partial charge in [0.2, 0.25) is 5.82 Å². The maximum absolute atomic E-state index is 12.8. The standard InChI is InChI=1S/C23H24F3N5O3/c1-22(2,3)33-21(32)31-11-5-4-6-18(31)17-13-27-12-16(28-17)14-7-9-15(10-8-14)19-29-20(34-30-19)23(24,25)26/h7-10,12-13,18H,4-6,11H2,1-3H3/t18-/m1/s1. The Kier molecular flexibility index (Phi) is 6.28. The van der Waals surface area contributed by atoms with Crippen LogP contribution in [-0.2, 0) is 10.9 Å². The number of amides is 1. The minimum absolute atomic E-state index is 0.158. The van der Waals surface area contributed by atoms with Crippen LogP contribution < -0.4 is 0 Å². The summed E-state index contributed by atoms with van der Waals surface area (Å²) in [6.07, 6.45) is 0.736. The predicted molar refractivity (Wildman–Crippen MR) is 115 cm³/mol. The molecule has 1 saturated heterocycles. The molecule has 1 atom stereocenters. The smallest absolute Gasteiger partial charge is 0.444 e. The van der Waals surface area contributed by atoms with E-state index in [-0.39, 0.29) is 18.0 Å². The molecule has 2 aromatic heterocycles. The summed E-state index contributed by atoms with van der Waals surface area (Å²) in [5.41, 5.74) is 1.70. The van der Waals surface area contributed by atoms with Gasteiger partial charge in [0.25, 0.3) is 0 Å². The number of likely N-dealkylation sites (tertiary alicyclic amines) is 1. The molecule has 0 spiro atoms. The van der Waals surface area contributed by atoms with Crippen molar-refractivity contribution in [2.24, 2.45) is 0 Å². The number of piperidine rings is 1. The number of aromatic nitrogens is 4. The Balaban J connectivity index is 1.56. The number of hydrogen-bond acceptors (Lipinski definition) is 7. The van der Waals surface area contributed by atoms with E-state index < -0.39 is 17.7 Å². The topological polar surface area (TPSA) is 94.2 Å². The van der Waals surface area contributed by atoms with Gasteiger partial charge >= 0.3 is 18.2 Å². The van der Waals surface area contributed by atoms with E-state index in [0.717, 1.165) is 19.3 Å². The van der Waals surface area contributed by atoms with Crippen LogP contribution in [0.5, 0.6) is 0 Å². The van der Waals surface area contributed by atoms with Crippen molar-refractivity contribution < 1.29 is 27.2 Å². The SMILES string of the molecule is CC(C)(C)OC(=O)N1CCCC[C@@H]1c1cncc(-c2ccc(-c3noc(C(F)(F)F)n3)cc2)n1. The number of nitrogens with zero attached hydrogens (tertiary/aromatic N) is 5. The summed E-state index contributed by atoms with van der Waals surface area (Å²) in [7, 11) is 0. The molecule has 11 heteroatoms. The molecule has 3 aromatic rings. The largest absolute Gasteiger partial charge is 0.471 e. The van der Waals surface area contributed by atoms with Crippen molar-refractivity contribution in [2.75, 3.05) is 6.54 Å². The zero-order valence-electron chi connectivity index (χ0n) is 19.0. The molecule has 1 aliphatic heterocycles. The van der Waals surface area contributed by atoms with Crippen LogP contribution in [0.4, 0.5) is 18.0 Å². The summed E-state index contributed by atoms with van der Waals surface area (Å²) in [5, 5.41) is 3.40. The van der Waals surface area contributed by atoms with Gasteiger partial charge in [0, 0.05) is 17.7 Å². The van der Waals surface area contributed by atoms with Crippen LogP contribution in [0.1, 0.15) is 57.7 Å². The number of halogens is 3. The Morgan fingerprint density at radius 2 is 1.76 bits per heavy atom. The van der Waals surface area contributed by atoms with Gasteiger partial charge in [-0.1, -0.05) is 29.4 Å². The fourth-order valence-electron chi connectivity index (χ4n) is 3.70. The molecule has 180 valence electrons. The van der Waals surface area contributed by atoms with Gasteiger partial charge in [-0.3, -0.25) is 9.88 Å². The lowest BCUT2D eigenvalue weighted by molar-refractivity contribution is -0.159. The van der Waals surface area contributed by atoms with Crippen molar-refractivity contribution in [1.29, 1.82) is 0 Å². The van der Waals surface area contributed by atoms with Crippen LogP contribution in [-0.4, -0.2) is 43.2 Å². The van der Waals surface area contributed by atoms with Gasteiger partial charge in [0.1, 0.15) is 5.60 Å². The minimum atomic E-state index is -4.70. The summed E-state index contributed by atoms with van der Waals surface area (Å²) in [5.74, 6) is -1.55. The molecule has 0 saturated carbocycles. The van der Waals surface area contributed by atoms with Gasteiger partial charge < -0.3 is 9.26 Å². The van der Waals surface area contributed by atoms with Crippen molar-refractivity contribution in [1.82, 2.24) is 25.0 Å². The first kappa shape index (κ1) is 23.7. The number of benzene rings is 1. The second-order valence-electron chi connectivity index (χ2n) is 9.01. The number of rotatable bonds is 3. The predicted octanol–water partition coefficient (Wildman–Crippen LogP) is 5.67. The van der Waals surface area contributed by atoms with Crippen LogP contribution in [0, 0.1) is 0 Å². The molecular formula is C23H24F3N5O3. The zero-order valence-corrected chi connectivity index (χ0v) is 19.0. The van der Waals surface area contributed by atoms with Crippen molar-refractivity contribution in [3.05, 3.63) is 48.2 Å². The molecule has 0 bridgehead atoms. The number of hydrogen-bond donors (Lipinski definition) is 0. The molecule has 4 rings (SSSR count). The summed E-state index contributed by atoms with van der Waals surface area (Å²) in [6, 6.07) is 6.30. The molecule has 1 aliphatic rings. The Morgan fingerprint density at radius 3 is 2.41 bits per heavy atom. The second kappa shape index (κ2) is 9.03. The molecule has 8 nitrogen and oxygen atoms in total. The first-order valence-corrected chi connectivity index (χ1v) is 10.8. The number of ether oxygens (including phenoxy) is 1. The molecule has 34 heavy (non-hydrogen) atoms. The fraction of sp³-hybridized carbons (Fsp3) is 0.435. The van der Waals surface area contributed by atoms with Crippen molar-refractivity contribution in [3.8, 4) is 22.6 Å². The van der Waals surface area contributed by atoms with Crippen LogP contribution in [0.15, 0.2) is 41.2 Å². The molecule has 0 N–H and O–H groups in total. The van der Waals surface area contributed by atoms with E-state index >= 15 is 0 Å². The first-order valence-electron chi connectivity index (χ1n) is 10.8. The van der Waals surface area contributed by atoms with E-state index in [1.54, 1.807) is 41.6 Å². The van der Waals surface area contributed by atoms with E-state index in [0.29, 0.717) is 29.1 Å². The molecule has 0 radical (unpaired) electrons. The third-order valence-corrected chi connectivity index (χ3v) is 5.23. The second-order valence-corrected chi connectivity index (χ2v) is 9.01. The van der Waals surface area contributed by atoms with Gasteiger partial charge in [-0.15, -0.1) is 0 Å². The number of carbonyl (C=O) groups excluding carboxylic acids is 1. The summed E-state index contributed by atoms with van der Waals surface area (Å²) in [6.45, 7) is 6.05. The number of carbonyl (C=O) groups is 1. The maximum Gasteiger partial charge on any atom is 0.471 e. The Labute approximate surface area is 194 Å². The quantitative estimate of drug-likeness (QED) is 0.481. The summed E-state index contributed by atoms with van der Waals surface area (Å²) in [4.78, 5) is 26.9. The monoisotopic (exact) mass is 475 g/mol. The van der Waals surface area contributed by atoms with Crippen LogP contribution >= 0.6 is 0 Å². The highest BCUT2D eigenvalue weighted by atomic mass is 19.4. The number of alkyl halides is 3. The van der Waals surface area contributed by atoms with E-state index in [1.807, 2.05) is 20.8 Å². The summed E-state index contributed by atoms with van der Waals surface area (Å²) < 4.78 is 48.0. The fourth-order valence-corrected chi connectivity index (χ4v) is 3.70. The zero-order chi connectivity index (χ0) is 24.5. The molecular weight excluding hydrogens is 451 g/mol. The molecule has 3 heterocycles. The lowest BCUT2D eigenvalue weighted by Crippen LogP contribution is -2.42. The highest BCUT2D eigenvalue weighted by Crippen LogP contribution is 2.33. The van der Waals surface area contributed by atoms with E-state index in [1.165, 1.54) is 0 Å². The average Bonchev–Trinajstić information content (AvgIpc) is 3.29. The highest BCUT2D eigenvalue weighted by molar-refractivity contribution is 5.69. The molecule has 1 fully saturated rings. The summed E-state index contributed by atoms with van der Waals surface area (Å²) >= 11 is 0. The molecule has 1 aromatic carbocycles. The highest BCUT2D eigenvalue weighted by Gasteiger charge is 2.38. The van der Waals surface area contributed by atoms with Gasteiger partial charge in [-0.2, -0.15) is 18.2 Å². The Bertz CT molecular complexity index is 1160. The average molecular weight is 475 g/mol. The normalized spacial score (nSPS) is 17.0. The molecule has 0 unspecified atom stereocenters. The van der Waals surface area contributed by atoms with E-state index in [4.69, 9.17) is 9.72 Å². The Hall–Kier alpha value is -3.50. The third-order valence-electron chi connectivity index (χ3n) is 5.23. The maximum atomic E-state index is 12.8. The van der Waals surface area contributed by atoms with Gasteiger partial charge in [0.15, 0.2) is 0 Å². The van der Waals surface area contributed by atoms with Crippen LogP contribution in [0.3, 0.4) is 0 Å². The Morgan fingerprint density at radius 1 is 1.06 bits per heavy atom. The van der Waals surface area contributed by atoms with Gasteiger partial charge in [-0.05, 0) is 40.0 Å².